The highest BCUT2D eigenvalue weighted by atomic mass is 35.5. The predicted molar refractivity (Wildman–Crippen MR) is 114 cm³/mol. The molecule has 0 bridgehead atoms. The number of anilines is 1. The van der Waals surface area contributed by atoms with Gasteiger partial charge in [-0.05, 0) is 18.9 Å². The number of hydrogen-bond donors (Lipinski definition) is 2. The number of hydrogen-bond acceptors (Lipinski definition) is 6. The van der Waals surface area contributed by atoms with Gasteiger partial charge in [0, 0.05) is 18.3 Å². The first kappa shape index (κ1) is 19.3. The number of fused-ring (bicyclic) bond motifs is 1. The Labute approximate surface area is 179 Å². The molecule has 8 nitrogen and oxygen atoms in total. The Morgan fingerprint density at radius 2 is 1.90 bits per heavy atom. The summed E-state index contributed by atoms with van der Waals surface area (Å²) >= 11 is 6.02. The fourth-order valence-corrected chi connectivity index (χ4v) is 4.11. The van der Waals surface area contributed by atoms with E-state index >= 15 is 0 Å². The van der Waals surface area contributed by atoms with Crippen LogP contribution in [-0.2, 0) is 4.74 Å². The summed E-state index contributed by atoms with van der Waals surface area (Å²) in [6.07, 6.45) is 10.5. The molecule has 1 amide bonds. The normalized spacial score (nSPS) is 17.6. The second kappa shape index (κ2) is 8.20. The molecule has 1 saturated carbocycles. The minimum absolute atomic E-state index is 0.0910. The van der Waals surface area contributed by atoms with Crippen LogP contribution in [0.2, 0.25) is 5.02 Å². The molecular formula is C21H23ClN6O2. The number of nitrogens with one attached hydrogen (secondary N) is 2. The van der Waals surface area contributed by atoms with E-state index in [1.54, 1.807) is 29.2 Å². The zero-order valence-electron chi connectivity index (χ0n) is 16.5. The molecule has 0 unspecified atom stereocenters. The summed E-state index contributed by atoms with van der Waals surface area (Å²) in [6, 6.07) is 4.04. The maximum Gasteiger partial charge on any atom is 0.255 e. The molecule has 0 aromatic carbocycles. The SMILES string of the molecule is O=C(NC1CCCCC1)c1cnc(-c2cnc3cc(Cl)cnn23)cc1NC1COC1. The third-order valence-electron chi connectivity index (χ3n) is 5.68. The molecule has 1 aliphatic heterocycles. The van der Waals surface area contributed by atoms with Gasteiger partial charge in [-0.25, -0.2) is 9.50 Å². The topological polar surface area (TPSA) is 93.4 Å². The highest BCUT2D eigenvalue weighted by Crippen LogP contribution is 2.27. The third kappa shape index (κ3) is 3.85. The molecule has 0 radical (unpaired) electrons. The van der Waals surface area contributed by atoms with Crippen molar-refractivity contribution in [3.63, 3.8) is 0 Å². The van der Waals surface area contributed by atoms with E-state index in [4.69, 9.17) is 16.3 Å². The van der Waals surface area contributed by atoms with Crippen molar-refractivity contribution in [2.24, 2.45) is 0 Å². The van der Waals surface area contributed by atoms with Gasteiger partial charge in [0.2, 0.25) is 0 Å². The molecule has 2 N–H and O–H groups in total. The zero-order valence-corrected chi connectivity index (χ0v) is 17.2. The van der Waals surface area contributed by atoms with Crippen LogP contribution in [0.5, 0.6) is 0 Å². The Hall–Kier alpha value is -2.71. The van der Waals surface area contributed by atoms with Crippen molar-refractivity contribution in [3.8, 4) is 11.4 Å². The molecule has 3 aromatic heterocycles. The van der Waals surface area contributed by atoms with E-state index in [0.717, 1.165) is 37.1 Å². The number of nitrogens with zero attached hydrogens (tertiary/aromatic N) is 4. The van der Waals surface area contributed by atoms with E-state index in [1.807, 2.05) is 6.07 Å². The Bertz CT molecular complexity index is 1070. The van der Waals surface area contributed by atoms with Gasteiger partial charge in [0.05, 0.1) is 53.6 Å². The number of halogens is 1. The van der Waals surface area contributed by atoms with Gasteiger partial charge in [-0.3, -0.25) is 9.78 Å². The van der Waals surface area contributed by atoms with Crippen molar-refractivity contribution in [3.05, 3.63) is 41.3 Å². The van der Waals surface area contributed by atoms with Gasteiger partial charge in [-0.2, -0.15) is 5.10 Å². The van der Waals surface area contributed by atoms with Crippen LogP contribution >= 0.6 is 11.6 Å². The highest BCUT2D eigenvalue weighted by Gasteiger charge is 2.24. The third-order valence-corrected chi connectivity index (χ3v) is 5.88. The molecule has 9 heteroatoms. The van der Waals surface area contributed by atoms with Gasteiger partial charge in [-0.1, -0.05) is 30.9 Å². The summed E-state index contributed by atoms with van der Waals surface area (Å²) < 4.78 is 6.97. The first-order chi connectivity index (χ1) is 14.7. The van der Waals surface area contributed by atoms with Crippen molar-refractivity contribution in [2.45, 2.75) is 44.2 Å². The Morgan fingerprint density at radius 1 is 1.07 bits per heavy atom. The molecule has 156 valence electrons. The molecule has 3 aromatic rings. The molecule has 5 rings (SSSR count). The predicted octanol–water partition coefficient (Wildman–Crippen LogP) is 3.32. The molecule has 1 saturated heterocycles. The smallest absolute Gasteiger partial charge is 0.255 e. The van der Waals surface area contributed by atoms with Crippen molar-refractivity contribution in [2.75, 3.05) is 18.5 Å². The number of rotatable bonds is 5. The van der Waals surface area contributed by atoms with Crippen LogP contribution in [-0.4, -0.2) is 50.8 Å². The summed E-state index contributed by atoms with van der Waals surface area (Å²) in [4.78, 5) is 21.9. The lowest BCUT2D eigenvalue weighted by molar-refractivity contribution is 0.0210. The molecule has 0 spiro atoms. The van der Waals surface area contributed by atoms with Crippen molar-refractivity contribution < 1.29 is 9.53 Å². The van der Waals surface area contributed by atoms with Gasteiger partial charge in [-0.15, -0.1) is 0 Å². The number of pyridine rings is 1. The Kier molecular flexibility index (Phi) is 5.26. The van der Waals surface area contributed by atoms with Crippen LogP contribution in [0.15, 0.2) is 30.7 Å². The van der Waals surface area contributed by atoms with Gasteiger partial charge in [0.1, 0.15) is 5.69 Å². The largest absolute Gasteiger partial charge is 0.377 e. The Balaban J connectivity index is 1.47. The van der Waals surface area contributed by atoms with Crippen molar-refractivity contribution in [1.82, 2.24) is 24.9 Å². The van der Waals surface area contributed by atoms with E-state index in [2.05, 4.69) is 25.7 Å². The monoisotopic (exact) mass is 426 g/mol. The fourth-order valence-electron chi connectivity index (χ4n) is 3.97. The number of amides is 1. The van der Waals surface area contributed by atoms with Crippen LogP contribution in [0.25, 0.3) is 17.0 Å². The number of carbonyl (C=O) groups is 1. The van der Waals surface area contributed by atoms with Crippen LogP contribution in [0.4, 0.5) is 5.69 Å². The van der Waals surface area contributed by atoms with Crippen LogP contribution < -0.4 is 10.6 Å². The van der Waals surface area contributed by atoms with E-state index < -0.39 is 0 Å². The number of aromatic nitrogens is 4. The average molecular weight is 427 g/mol. The minimum atomic E-state index is -0.0910. The summed E-state index contributed by atoms with van der Waals surface area (Å²) in [5, 5.41) is 11.5. The van der Waals surface area contributed by atoms with E-state index in [-0.39, 0.29) is 18.0 Å². The molecule has 1 aliphatic carbocycles. The minimum Gasteiger partial charge on any atom is -0.377 e. The van der Waals surface area contributed by atoms with Gasteiger partial charge >= 0.3 is 0 Å². The molecular weight excluding hydrogens is 404 g/mol. The molecule has 0 atom stereocenters. The molecule has 30 heavy (non-hydrogen) atoms. The van der Waals surface area contributed by atoms with E-state index in [9.17, 15) is 4.79 Å². The number of carbonyl (C=O) groups excluding carboxylic acids is 1. The lowest BCUT2D eigenvalue weighted by Crippen LogP contribution is -2.41. The molecule has 2 aliphatic rings. The van der Waals surface area contributed by atoms with E-state index in [1.165, 1.54) is 6.42 Å². The maximum absolute atomic E-state index is 13.0. The standard InChI is InChI=1S/C21H23ClN6O2/c22-13-6-20-24-10-19(28(20)25-8-13)18-7-17(26-15-11-30-12-15)16(9-23-18)21(29)27-14-4-2-1-3-5-14/h6-10,14-15H,1-5,11-12H2,(H,23,26)(H,27,29). The quantitative estimate of drug-likeness (QED) is 0.650. The highest BCUT2D eigenvalue weighted by molar-refractivity contribution is 6.30. The lowest BCUT2D eigenvalue weighted by Gasteiger charge is -2.29. The summed E-state index contributed by atoms with van der Waals surface area (Å²) in [5.74, 6) is -0.0910. The fraction of sp³-hybridized carbons (Fsp3) is 0.429. The second-order valence-corrected chi connectivity index (χ2v) is 8.33. The van der Waals surface area contributed by atoms with E-state index in [0.29, 0.717) is 35.1 Å². The average Bonchev–Trinajstić information content (AvgIpc) is 3.14. The maximum atomic E-state index is 13.0. The molecule has 4 heterocycles. The number of imidazole rings is 1. The summed E-state index contributed by atoms with van der Waals surface area (Å²) in [7, 11) is 0. The van der Waals surface area contributed by atoms with Crippen LogP contribution in [0.1, 0.15) is 42.5 Å². The van der Waals surface area contributed by atoms with Crippen LogP contribution in [0.3, 0.4) is 0 Å². The first-order valence-electron chi connectivity index (χ1n) is 10.3. The second-order valence-electron chi connectivity index (χ2n) is 7.89. The summed E-state index contributed by atoms with van der Waals surface area (Å²) in [5.41, 5.74) is 3.33. The summed E-state index contributed by atoms with van der Waals surface area (Å²) in [6.45, 7) is 1.24. The Morgan fingerprint density at radius 3 is 2.67 bits per heavy atom. The van der Waals surface area contributed by atoms with Crippen molar-refractivity contribution >= 4 is 28.8 Å². The zero-order chi connectivity index (χ0) is 20.5. The van der Waals surface area contributed by atoms with Crippen molar-refractivity contribution in [1.29, 1.82) is 0 Å². The van der Waals surface area contributed by atoms with Gasteiger partial charge in [0.25, 0.3) is 5.91 Å². The number of ether oxygens (including phenoxy) is 1. The first-order valence-corrected chi connectivity index (χ1v) is 10.7. The van der Waals surface area contributed by atoms with Gasteiger partial charge < -0.3 is 15.4 Å². The molecule has 2 fully saturated rings. The van der Waals surface area contributed by atoms with Gasteiger partial charge in [0.15, 0.2) is 5.65 Å². The van der Waals surface area contributed by atoms with Crippen LogP contribution in [0, 0.1) is 0 Å². The lowest BCUT2D eigenvalue weighted by atomic mass is 9.95.